The lowest BCUT2D eigenvalue weighted by molar-refractivity contribution is 0.111. The molecule has 0 saturated heterocycles. The molecule has 0 bridgehead atoms. The number of ether oxygens (including phenoxy) is 1. The van der Waals surface area contributed by atoms with Crippen LogP contribution in [0.1, 0.15) is 10.5 Å². The summed E-state index contributed by atoms with van der Waals surface area (Å²) in [4.78, 5) is 16.0. The number of hydrogen-bond acceptors (Lipinski definition) is 4. The fraction of sp³-hybridized carbons (Fsp3) is 0. The van der Waals surface area contributed by atoms with E-state index in [0.717, 1.165) is 40.3 Å². The second-order valence-corrected chi connectivity index (χ2v) is 7.37. The summed E-state index contributed by atoms with van der Waals surface area (Å²) < 4.78 is 7.57. The highest BCUT2D eigenvalue weighted by Gasteiger charge is 2.13. The Bertz CT molecular complexity index is 1360. The summed E-state index contributed by atoms with van der Waals surface area (Å²) in [6.07, 6.45) is 0.719. The summed E-state index contributed by atoms with van der Waals surface area (Å²) >= 11 is 6.03. The van der Waals surface area contributed by atoms with Crippen LogP contribution in [0, 0.1) is 0 Å². The molecule has 5 nitrogen and oxygen atoms in total. The van der Waals surface area contributed by atoms with Gasteiger partial charge in [0.15, 0.2) is 11.9 Å². The maximum Gasteiger partial charge on any atom is 0.170 e. The van der Waals surface area contributed by atoms with Crippen molar-refractivity contribution in [1.82, 2.24) is 14.6 Å². The first-order valence-corrected chi connectivity index (χ1v) is 10.0. The fourth-order valence-electron chi connectivity index (χ4n) is 3.34. The Hall–Kier alpha value is -3.96. The topological polar surface area (TPSA) is 56.5 Å². The molecule has 2 heterocycles. The molecule has 0 aliphatic carbocycles. The normalized spacial score (nSPS) is 10.9. The molecule has 0 spiro atoms. The molecule has 0 amide bonds. The van der Waals surface area contributed by atoms with Gasteiger partial charge in [-0.15, -0.1) is 0 Å². The largest absolute Gasteiger partial charge is 0.457 e. The molecule has 0 radical (unpaired) electrons. The summed E-state index contributed by atoms with van der Waals surface area (Å²) in [5.41, 5.74) is 4.34. The van der Waals surface area contributed by atoms with Crippen molar-refractivity contribution in [3.05, 3.63) is 102 Å². The van der Waals surface area contributed by atoms with Gasteiger partial charge in [-0.3, -0.25) is 4.79 Å². The van der Waals surface area contributed by atoms with Gasteiger partial charge in [-0.05, 0) is 54.6 Å². The van der Waals surface area contributed by atoms with Crippen LogP contribution in [0.5, 0.6) is 11.5 Å². The molecule has 6 heteroatoms. The van der Waals surface area contributed by atoms with Crippen molar-refractivity contribution >= 4 is 23.5 Å². The van der Waals surface area contributed by atoms with Crippen molar-refractivity contribution in [3.8, 4) is 34.0 Å². The Kier molecular flexibility index (Phi) is 4.94. The molecule has 0 unspecified atom stereocenters. The van der Waals surface area contributed by atoms with E-state index in [2.05, 4.69) is 10.1 Å². The van der Waals surface area contributed by atoms with Gasteiger partial charge < -0.3 is 4.74 Å². The van der Waals surface area contributed by atoms with Crippen molar-refractivity contribution in [2.45, 2.75) is 0 Å². The van der Waals surface area contributed by atoms with E-state index in [9.17, 15) is 4.79 Å². The van der Waals surface area contributed by atoms with Crippen LogP contribution in [0.3, 0.4) is 0 Å². The Morgan fingerprint density at radius 3 is 2.19 bits per heavy atom. The molecule has 0 fully saturated rings. The standard InChI is InChI=1S/C25H16ClN3O2/c26-19-10-6-17(7-11-19)23-15-24(29-25(27-23)14-20(16-30)28-29)18-8-12-22(13-9-18)31-21-4-2-1-3-5-21/h1-16H. The molecule has 150 valence electrons. The molecule has 0 atom stereocenters. The average Bonchev–Trinajstić information content (AvgIpc) is 3.24. The zero-order chi connectivity index (χ0) is 21.2. The van der Waals surface area contributed by atoms with Crippen LogP contribution >= 0.6 is 11.6 Å². The molecule has 0 aliphatic rings. The predicted molar refractivity (Wildman–Crippen MR) is 121 cm³/mol. The van der Waals surface area contributed by atoms with Gasteiger partial charge in [-0.2, -0.15) is 5.10 Å². The summed E-state index contributed by atoms with van der Waals surface area (Å²) in [7, 11) is 0. The Balaban J connectivity index is 1.58. The summed E-state index contributed by atoms with van der Waals surface area (Å²) in [6.45, 7) is 0. The highest BCUT2D eigenvalue weighted by Crippen LogP contribution is 2.29. The molecule has 0 saturated carbocycles. The molecular weight excluding hydrogens is 410 g/mol. The third-order valence-electron chi connectivity index (χ3n) is 4.84. The van der Waals surface area contributed by atoms with Gasteiger partial charge in [0.2, 0.25) is 0 Å². The van der Waals surface area contributed by atoms with Gasteiger partial charge in [-0.25, -0.2) is 9.50 Å². The van der Waals surface area contributed by atoms with Crippen LogP contribution in [0.4, 0.5) is 0 Å². The number of aldehydes is 1. The average molecular weight is 426 g/mol. The van der Waals surface area contributed by atoms with Crippen molar-refractivity contribution in [1.29, 1.82) is 0 Å². The number of nitrogens with zero attached hydrogens (tertiary/aromatic N) is 3. The summed E-state index contributed by atoms with van der Waals surface area (Å²) in [5.74, 6) is 1.50. The van der Waals surface area contributed by atoms with E-state index in [1.165, 1.54) is 0 Å². The summed E-state index contributed by atoms with van der Waals surface area (Å²) in [5, 5.41) is 5.04. The second-order valence-electron chi connectivity index (χ2n) is 6.93. The van der Waals surface area contributed by atoms with Crippen molar-refractivity contribution in [2.24, 2.45) is 0 Å². The number of fused-ring (bicyclic) bond motifs is 1. The van der Waals surface area contributed by atoms with Gasteiger partial charge in [0.1, 0.15) is 17.2 Å². The van der Waals surface area contributed by atoms with E-state index in [0.29, 0.717) is 16.4 Å². The number of carbonyl (C=O) groups excluding carboxylic acids is 1. The van der Waals surface area contributed by atoms with E-state index in [4.69, 9.17) is 16.3 Å². The summed E-state index contributed by atoms with van der Waals surface area (Å²) in [6, 6.07) is 28.4. The van der Waals surface area contributed by atoms with Crippen LogP contribution in [0.25, 0.3) is 28.2 Å². The van der Waals surface area contributed by atoms with Crippen molar-refractivity contribution in [2.75, 3.05) is 0 Å². The van der Waals surface area contributed by atoms with Gasteiger partial charge >= 0.3 is 0 Å². The number of carbonyl (C=O) groups is 1. The van der Waals surface area contributed by atoms with Crippen LogP contribution in [-0.2, 0) is 0 Å². The van der Waals surface area contributed by atoms with E-state index < -0.39 is 0 Å². The number of para-hydroxylation sites is 1. The Labute approximate surface area is 183 Å². The Morgan fingerprint density at radius 2 is 1.48 bits per heavy atom. The maximum atomic E-state index is 11.3. The monoisotopic (exact) mass is 425 g/mol. The number of aromatic nitrogens is 3. The number of halogens is 1. The van der Waals surface area contributed by atoms with Crippen LogP contribution in [0.15, 0.2) is 91.0 Å². The smallest absolute Gasteiger partial charge is 0.170 e. The molecule has 2 aromatic heterocycles. The van der Waals surface area contributed by atoms with Gasteiger partial charge in [0.05, 0.1) is 11.4 Å². The van der Waals surface area contributed by atoms with E-state index in [-0.39, 0.29) is 0 Å². The molecule has 3 aromatic carbocycles. The van der Waals surface area contributed by atoms with E-state index >= 15 is 0 Å². The molecule has 5 aromatic rings. The molecule has 5 rings (SSSR count). The third kappa shape index (κ3) is 3.91. The quantitative estimate of drug-likeness (QED) is 0.309. The zero-order valence-electron chi connectivity index (χ0n) is 16.3. The van der Waals surface area contributed by atoms with Crippen LogP contribution < -0.4 is 4.74 Å². The molecule has 31 heavy (non-hydrogen) atoms. The second kappa shape index (κ2) is 8.05. The number of rotatable bonds is 5. The molecule has 0 N–H and O–H groups in total. The lowest BCUT2D eigenvalue weighted by Crippen LogP contribution is -1.99. The van der Waals surface area contributed by atoms with Gasteiger partial charge in [-0.1, -0.05) is 41.9 Å². The highest BCUT2D eigenvalue weighted by molar-refractivity contribution is 6.30. The lowest BCUT2D eigenvalue weighted by Gasteiger charge is -2.10. The van der Waals surface area contributed by atoms with Gasteiger partial charge in [0, 0.05) is 22.2 Å². The maximum absolute atomic E-state index is 11.3. The first-order chi connectivity index (χ1) is 15.2. The Morgan fingerprint density at radius 1 is 0.806 bits per heavy atom. The molecule has 0 aliphatic heterocycles. The van der Waals surface area contributed by atoms with Crippen LogP contribution in [-0.4, -0.2) is 20.9 Å². The van der Waals surface area contributed by atoms with Crippen molar-refractivity contribution < 1.29 is 9.53 Å². The lowest BCUT2D eigenvalue weighted by atomic mass is 10.1. The van der Waals surface area contributed by atoms with Crippen molar-refractivity contribution in [3.63, 3.8) is 0 Å². The highest BCUT2D eigenvalue weighted by atomic mass is 35.5. The first-order valence-electron chi connectivity index (χ1n) is 9.65. The zero-order valence-corrected chi connectivity index (χ0v) is 17.0. The minimum Gasteiger partial charge on any atom is -0.457 e. The predicted octanol–water partition coefficient (Wildman–Crippen LogP) is 6.32. The SMILES string of the molecule is O=Cc1cc2nc(-c3ccc(Cl)cc3)cc(-c3ccc(Oc4ccccc4)cc3)n2n1. The number of hydrogen-bond donors (Lipinski definition) is 0. The first kappa shape index (κ1) is 19.0. The van der Waals surface area contributed by atoms with Gasteiger partial charge in [0.25, 0.3) is 0 Å². The minimum atomic E-state index is 0.325. The minimum absolute atomic E-state index is 0.325. The fourth-order valence-corrected chi connectivity index (χ4v) is 3.47. The van der Waals surface area contributed by atoms with E-state index in [1.54, 1.807) is 10.6 Å². The molecular formula is C25H16ClN3O2. The van der Waals surface area contributed by atoms with Crippen LogP contribution in [0.2, 0.25) is 5.02 Å². The van der Waals surface area contributed by atoms with E-state index in [1.807, 2.05) is 84.9 Å². The third-order valence-corrected chi connectivity index (χ3v) is 5.09. The number of benzene rings is 3.